The Balaban J connectivity index is 1.93. The van der Waals surface area contributed by atoms with Gasteiger partial charge in [0.1, 0.15) is 6.10 Å². The lowest BCUT2D eigenvalue weighted by Crippen LogP contribution is -2.54. The molecule has 0 radical (unpaired) electrons. The van der Waals surface area contributed by atoms with E-state index in [0.717, 1.165) is 14.2 Å². The lowest BCUT2D eigenvalue weighted by atomic mass is 9.91. The molecule has 2 aromatic rings. The molecule has 8 heteroatoms. The predicted molar refractivity (Wildman–Crippen MR) is 93.7 cm³/mol. The molecule has 28 heavy (non-hydrogen) atoms. The van der Waals surface area contributed by atoms with Crippen LogP contribution in [-0.2, 0) is 34.4 Å². The van der Waals surface area contributed by atoms with Crippen molar-refractivity contribution < 1.29 is 33.3 Å². The molecule has 2 aliphatic rings. The average molecular weight is 383 g/mol. The zero-order valence-electron chi connectivity index (χ0n) is 15.1. The molecule has 1 spiro atoms. The summed E-state index contributed by atoms with van der Waals surface area (Å²) in [6.45, 7) is 0. The summed E-state index contributed by atoms with van der Waals surface area (Å²) in [5, 5.41) is 2.61. The summed E-state index contributed by atoms with van der Waals surface area (Å²) in [7, 11) is 2.26. The Morgan fingerprint density at radius 1 is 0.964 bits per heavy atom. The number of methoxy groups -OCH3 is 2. The first-order valence-electron chi connectivity index (χ1n) is 8.50. The van der Waals surface area contributed by atoms with Gasteiger partial charge in [0.15, 0.2) is 0 Å². The first-order chi connectivity index (χ1) is 13.5. The van der Waals surface area contributed by atoms with E-state index in [9.17, 15) is 14.4 Å². The number of fused-ring (bicyclic) bond motifs is 2. The van der Waals surface area contributed by atoms with Crippen LogP contribution in [0, 0.1) is 0 Å². The monoisotopic (exact) mass is 383 g/mol. The minimum atomic E-state index is -2.27. The highest BCUT2D eigenvalue weighted by molar-refractivity contribution is 6.06. The number of hydrogen-bond donors (Lipinski definition) is 1. The van der Waals surface area contributed by atoms with Crippen LogP contribution in [-0.4, -0.2) is 37.7 Å². The third-order valence-electron chi connectivity index (χ3n) is 4.84. The fourth-order valence-electron chi connectivity index (χ4n) is 3.59. The smallest absolute Gasteiger partial charge is 0.353 e. The zero-order chi connectivity index (χ0) is 19.9. The third kappa shape index (κ3) is 2.35. The highest BCUT2D eigenvalue weighted by Gasteiger charge is 2.71. The van der Waals surface area contributed by atoms with Gasteiger partial charge in [0.05, 0.1) is 19.8 Å². The second kappa shape index (κ2) is 6.43. The number of rotatable bonds is 3. The molecule has 1 N–H and O–H groups in total. The zero-order valence-corrected chi connectivity index (χ0v) is 15.1. The Bertz CT molecular complexity index is 942. The number of carbonyl (C=O) groups is 3. The molecule has 1 fully saturated rings. The van der Waals surface area contributed by atoms with Gasteiger partial charge in [-0.25, -0.2) is 9.59 Å². The molecule has 8 nitrogen and oxygen atoms in total. The van der Waals surface area contributed by atoms with Gasteiger partial charge in [-0.3, -0.25) is 14.8 Å². The summed E-state index contributed by atoms with van der Waals surface area (Å²) in [6.07, 6.45) is -1.22. The second-order valence-corrected chi connectivity index (χ2v) is 6.35. The maximum Gasteiger partial charge on any atom is 0.353 e. The van der Waals surface area contributed by atoms with E-state index in [0.29, 0.717) is 16.7 Å². The summed E-state index contributed by atoms with van der Waals surface area (Å²) < 4.78 is 21.8. The molecular formula is C20H17NO7. The van der Waals surface area contributed by atoms with E-state index in [-0.39, 0.29) is 0 Å². The molecule has 0 unspecified atom stereocenters. The summed E-state index contributed by atoms with van der Waals surface area (Å²) in [5.74, 6) is -4.28. The van der Waals surface area contributed by atoms with Gasteiger partial charge in [-0.05, 0) is 11.6 Å². The average Bonchev–Trinajstić information content (AvgIpc) is 3.23. The maximum atomic E-state index is 12.8. The van der Waals surface area contributed by atoms with Crippen molar-refractivity contribution in [2.75, 3.05) is 14.2 Å². The van der Waals surface area contributed by atoms with Gasteiger partial charge in [0, 0.05) is 5.56 Å². The van der Waals surface area contributed by atoms with Crippen LogP contribution >= 0.6 is 0 Å². The number of amides is 1. The predicted octanol–water partition coefficient (Wildman–Crippen LogP) is 1.41. The summed E-state index contributed by atoms with van der Waals surface area (Å²) >= 11 is 0. The van der Waals surface area contributed by atoms with Crippen molar-refractivity contribution in [3.05, 3.63) is 71.3 Å². The molecule has 0 aliphatic carbocycles. The van der Waals surface area contributed by atoms with Gasteiger partial charge >= 0.3 is 11.9 Å². The molecule has 2 atom stereocenters. The van der Waals surface area contributed by atoms with Crippen LogP contribution in [0.1, 0.15) is 27.6 Å². The van der Waals surface area contributed by atoms with Crippen LogP contribution in [0.4, 0.5) is 0 Å². The number of benzene rings is 2. The quantitative estimate of drug-likeness (QED) is 0.632. The Labute approximate surface area is 160 Å². The highest BCUT2D eigenvalue weighted by atomic mass is 16.8. The van der Waals surface area contributed by atoms with Gasteiger partial charge in [0.25, 0.3) is 17.4 Å². The van der Waals surface area contributed by atoms with Crippen molar-refractivity contribution in [3.63, 3.8) is 0 Å². The normalized spacial score (nSPS) is 24.5. The molecule has 4 rings (SSSR count). The summed E-state index contributed by atoms with van der Waals surface area (Å²) in [6, 6.07) is 15.2. The molecule has 0 aromatic heterocycles. The van der Waals surface area contributed by atoms with Crippen LogP contribution in [0.5, 0.6) is 0 Å². The van der Waals surface area contributed by atoms with Crippen molar-refractivity contribution in [3.8, 4) is 0 Å². The SMILES string of the molecule is COC(=O)C1(C(=O)OC)O[C@@]2(NC(=O)c3ccccc32)O[C@H]1c1ccccc1. The minimum absolute atomic E-state index is 0.319. The molecule has 1 amide bonds. The number of hydrogen-bond acceptors (Lipinski definition) is 7. The van der Waals surface area contributed by atoms with Gasteiger partial charge in [0.2, 0.25) is 0 Å². The van der Waals surface area contributed by atoms with Crippen molar-refractivity contribution in [1.29, 1.82) is 0 Å². The minimum Gasteiger partial charge on any atom is -0.466 e. The molecule has 1 saturated heterocycles. The van der Waals surface area contributed by atoms with E-state index in [1.54, 1.807) is 54.6 Å². The van der Waals surface area contributed by atoms with Gasteiger partial charge in [-0.15, -0.1) is 0 Å². The molecule has 0 saturated carbocycles. The largest absolute Gasteiger partial charge is 0.466 e. The molecule has 144 valence electrons. The Morgan fingerprint density at radius 3 is 2.21 bits per heavy atom. The molecule has 2 heterocycles. The number of carbonyl (C=O) groups excluding carboxylic acids is 3. The fraction of sp³-hybridized carbons (Fsp3) is 0.250. The van der Waals surface area contributed by atoms with E-state index < -0.39 is 35.5 Å². The van der Waals surface area contributed by atoms with E-state index in [1.807, 2.05) is 0 Å². The van der Waals surface area contributed by atoms with E-state index >= 15 is 0 Å². The Hall–Kier alpha value is -3.23. The van der Waals surface area contributed by atoms with Gasteiger partial charge in [-0.2, -0.15) is 0 Å². The van der Waals surface area contributed by atoms with Crippen molar-refractivity contribution in [2.24, 2.45) is 0 Å². The van der Waals surface area contributed by atoms with Crippen LogP contribution in [0.15, 0.2) is 54.6 Å². The topological polar surface area (TPSA) is 100 Å². The molecular weight excluding hydrogens is 366 g/mol. The summed E-state index contributed by atoms with van der Waals surface area (Å²) in [4.78, 5) is 38.1. The second-order valence-electron chi connectivity index (χ2n) is 6.35. The van der Waals surface area contributed by atoms with Crippen molar-refractivity contribution >= 4 is 17.8 Å². The van der Waals surface area contributed by atoms with Crippen LogP contribution in [0.3, 0.4) is 0 Å². The highest BCUT2D eigenvalue weighted by Crippen LogP contribution is 2.52. The van der Waals surface area contributed by atoms with Crippen LogP contribution in [0.25, 0.3) is 0 Å². The first kappa shape index (κ1) is 18.1. The standard InChI is InChI=1S/C20H17NO7/c1-25-17(23)19(18(24)26-2)15(12-8-4-3-5-9-12)27-20(28-19)14-11-7-6-10-13(14)16(22)21-20/h3-11,15H,1-2H3,(H,21,22)/t15-,20-/m0/s1. The lowest BCUT2D eigenvalue weighted by molar-refractivity contribution is -0.222. The van der Waals surface area contributed by atoms with E-state index in [2.05, 4.69) is 5.32 Å². The van der Waals surface area contributed by atoms with Crippen LogP contribution in [0.2, 0.25) is 0 Å². The Morgan fingerprint density at radius 2 is 1.57 bits per heavy atom. The molecule has 2 aromatic carbocycles. The number of ether oxygens (including phenoxy) is 4. The number of esters is 2. The summed E-state index contributed by atoms with van der Waals surface area (Å²) in [5.41, 5.74) is -1.11. The van der Waals surface area contributed by atoms with Crippen molar-refractivity contribution in [2.45, 2.75) is 17.6 Å². The number of nitrogens with one attached hydrogen (secondary N) is 1. The fourth-order valence-corrected chi connectivity index (χ4v) is 3.59. The van der Waals surface area contributed by atoms with Crippen LogP contribution < -0.4 is 5.32 Å². The first-order valence-corrected chi connectivity index (χ1v) is 8.50. The molecule has 0 bridgehead atoms. The van der Waals surface area contributed by atoms with E-state index in [1.165, 1.54) is 0 Å². The maximum absolute atomic E-state index is 12.8. The van der Waals surface area contributed by atoms with E-state index in [4.69, 9.17) is 18.9 Å². The third-order valence-corrected chi connectivity index (χ3v) is 4.84. The van der Waals surface area contributed by atoms with Crippen molar-refractivity contribution in [1.82, 2.24) is 5.32 Å². The molecule has 2 aliphatic heterocycles. The van der Waals surface area contributed by atoms with Gasteiger partial charge < -0.3 is 14.2 Å². The Kier molecular flexibility index (Phi) is 4.17. The van der Waals surface area contributed by atoms with Gasteiger partial charge in [-0.1, -0.05) is 48.5 Å². The lowest BCUT2D eigenvalue weighted by Gasteiger charge is -2.27.